The maximum absolute atomic E-state index is 9.50. The lowest BCUT2D eigenvalue weighted by molar-refractivity contribution is 0.108. The van der Waals surface area contributed by atoms with Gasteiger partial charge < -0.3 is 10.4 Å². The molecule has 0 amide bonds. The molecule has 1 aromatic rings. The van der Waals surface area contributed by atoms with E-state index in [2.05, 4.69) is 43.4 Å². The molecule has 0 aliphatic heterocycles. The summed E-state index contributed by atoms with van der Waals surface area (Å²) in [5, 5.41) is 13.1. The monoisotopic (exact) mass is 247 g/mol. The predicted octanol–water partition coefficient (Wildman–Crippen LogP) is 3.20. The lowest BCUT2D eigenvalue weighted by Gasteiger charge is -2.27. The molecule has 0 radical (unpaired) electrons. The van der Waals surface area contributed by atoms with Crippen LogP contribution in [-0.2, 0) is 0 Å². The quantitative estimate of drug-likeness (QED) is 0.856. The van der Waals surface area contributed by atoms with Crippen molar-refractivity contribution >= 4 is 0 Å². The van der Waals surface area contributed by atoms with Crippen molar-refractivity contribution in [2.75, 3.05) is 6.54 Å². The number of benzene rings is 1. The van der Waals surface area contributed by atoms with Gasteiger partial charge >= 0.3 is 0 Å². The van der Waals surface area contributed by atoms with Crippen LogP contribution in [0.2, 0.25) is 0 Å². The van der Waals surface area contributed by atoms with Gasteiger partial charge in [0.1, 0.15) is 0 Å². The summed E-state index contributed by atoms with van der Waals surface area (Å²) >= 11 is 0. The summed E-state index contributed by atoms with van der Waals surface area (Å²) in [4.78, 5) is 0. The normalized spacial score (nSPS) is 25.9. The molecule has 2 rings (SSSR count). The van der Waals surface area contributed by atoms with Crippen LogP contribution in [0, 0.1) is 12.8 Å². The molecule has 1 aliphatic carbocycles. The minimum atomic E-state index is -0.0463. The molecule has 0 aromatic heterocycles. The Morgan fingerprint density at radius 3 is 2.56 bits per heavy atom. The third kappa shape index (κ3) is 3.56. The second kappa shape index (κ2) is 6.35. The summed E-state index contributed by atoms with van der Waals surface area (Å²) in [5.74, 6) is 0.736. The molecule has 100 valence electrons. The van der Waals surface area contributed by atoms with Gasteiger partial charge in [-0.2, -0.15) is 0 Å². The van der Waals surface area contributed by atoms with Crippen molar-refractivity contribution in [3.8, 4) is 0 Å². The fourth-order valence-corrected chi connectivity index (χ4v) is 2.88. The van der Waals surface area contributed by atoms with Crippen molar-refractivity contribution in [2.45, 2.75) is 51.7 Å². The zero-order valence-corrected chi connectivity index (χ0v) is 11.5. The van der Waals surface area contributed by atoms with E-state index in [0.717, 1.165) is 38.1 Å². The van der Waals surface area contributed by atoms with E-state index in [-0.39, 0.29) is 6.10 Å². The molecule has 2 N–H and O–H groups in total. The molecule has 2 heteroatoms. The molecule has 1 aliphatic rings. The number of rotatable bonds is 4. The number of nitrogens with one attached hydrogen (secondary N) is 1. The first-order valence-electron chi connectivity index (χ1n) is 7.14. The van der Waals surface area contributed by atoms with Crippen LogP contribution in [-0.4, -0.2) is 17.8 Å². The van der Waals surface area contributed by atoms with Gasteiger partial charge in [-0.25, -0.2) is 0 Å². The number of hydrogen-bond donors (Lipinski definition) is 2. The Labute approximate surface area is 110 Å². The minimum Gasteiger partial charge on any atom is -0.393 e. The Hall–Kier alpha value is -0.860. The SMILES string of the molecule is Cc1ccccc1C(C)NCC1CCC(O)CC1. The van der Waals surface area contributed by atoms with Gasteiger partial charge in [0.05, 0.1) is 6.10 Å². The number of hydrogen-bond acceptors (Lipinski definition) is 2. The molecule has 2 nitrogen and oxygen atoms in total. The molecular formula is C16H25NO. The summed E-state index contributed by atoms with van der Waals surface area (Å²) < 4.78 is 0. The lowest BCUT2D eigenvalue weighted by atomic mass is 9.87. The molecule has 1 fully saturated rings. The van der Waals surface area contributed by atoms with Crippen LogP contribution in [0.4, 0.5) is 0 Å². The first-order chi connectivity index (χ1) is 8.66. The molecule has 0 bridgehead atoms. The standard InChI is InChI=1S/C16H25NO/c1-12-5-3-4-6-16(12)13(2)17-11-14-7-9-15(18)10-8-14/h3-6,13-15,17-18H,7-11H2,1-2H3. The molecule has 1 atom stereocenters. The summed E-state index contributed by atoms with van der Waals surface area (Å²) in [6.45, 7) is 5.48. The molecule has 0 saturated heterocycles. The Morgan fingerprint density at radius 1 is 1.22 bits per heavy atom. The molecular weight excluding hydrogens is 222 g/mol. The first kappa shape index (κ1) is 13.6. The zero-order chi connectivity index (χ0) is 13.0. The average Bonchev–Trinajstić information content (AvgIpc) is 2.38. The molecule has 0 spiro atoms. The number of aliphatic hydroxyl groups excluding tert-OH is 1. The van der Waals surface area contributed by atoms with Gasteiger partial charge in [-0.15, -0.1) is 0 Å². The third-order valence-electron chi connectivity index (χ3n) is 4.18. The largest absolute Gasteiger partial charge is 0.393 e. The van der Waals surface area contributed by atoms with E-state index in [0.29, 0.717) is 6.04 Å². The van der Waals surface area contributed by atoms with Gasteiger partial charge in [0, 0.05) is 6.04 Å². The third-order valence-corrected chi connectivity index (χ3v) is 4.18. The highest BCUT2D eigenvalue weighted by Gasteiger charge is 2.19. The fourth-order valence-electron chi connectivity index (χ4n) is 2.88. The van der Waals surface area contributed by atoms with Crippen molar-refractivity contribution in [1.29, 1.82) is 0 Å². The number of aliphatic hydroxyl groups is 1. The van der Waals surface area contributed by atoms with E-state index in [1.54, 1.807) is 0 Å². The maximum atomic E-state index is 9.50. The van der Waals surface area contributed by atoms with Crippen molar-refractivity contribution in [1.82, 2.24) is 5.32 Å². The van der Waals surface area contributed by atoms with Crippen LogP contribution in [0.5, 0.6) is 0 Å². The van der Waals surface area contributed by atoms with Gasteiger partial charge in [0.15, 0.2) is 0 Å². The van der Waals surface area contributed by atoms with E-state index >= 15 is 0 Å². The summed E-state index contributed by atoms with van der Waals surface area (Å²) in [6.07, 6.45) is 4.23. The van der Waals surface area contributed by atoms with E-state index < -0.39 is 0 Å². The summed E-state index contributed by atoms with van der Waals surface area (Å²) in [6, 6.07) is 8.99. The van der Waals surface area contributed by atoms with Crippen LogP contribution in [0.15, 0.2) is 24.3 Å². The lowest BCUT2D eigenvalue weighted by Crippen LogP contribution is -2.29. The van der Waals surface area contributed by atoms with Crippen molar-refractivity contribution in [3.05, 3.63) is 35.4 Å². The second-order valence-corrected chi connectivity index (χ2v) is 5.66. The van der Waals surface area contributed by atoms with E-state index in [9.17, 15) is 5.11 Å². The van der Waals surface area contributed by atoms with Crippen molar-refractivity contribution in [3.63, 3.8) is 0 Å². The van der Waals surface area contributed by atoms with Gasteiger partial charge in [0.25, 0.3) is 0 Å². The highest BCUT2D eigenvalue weighted by atomic mass is 16.3. The maximum Gasteiger partial charge on any atom is 0.0540 e. The highest BCUT2D eigenvalue weighted by molar-refractivity contribution is 5.28. The molecule has 18 heavy (non-hydrogen) atoms. The fraction of sp³-hybridized carbons (Fsp3) is 0.625. The Bertz CT molecular complexity index is 369. The van der Waals surface area contributed by atoms with Crippen molar-refractivity contribution in [2.24, 2.45) is 5.92 Å². The van der Waals surface area contributed by atoms with Crippen LogP contribution in [0.25, 0.3) is 0 Å². The highest BCUT2D eigenvalue weighted by Crippen LogP contribution is 2.24. The van der Waals surface area contributed by atoms with Crippen LogP contribution < -0.4 is 5.32 Å². The van der Waals surface area contributed by atoms with Crippen LogP contribution in [0.3, 0.4) is 0 Å². The van der Waals surface area contributed by atoms with Gasteiger partial charge in [-0.3, -0.25) is 0 Å². The number of aryl methyl sites for hydroxylation is 1. The summed E-state index contributed by atoms with van der Waals surface area (Å²) in [7, 11) is 0. The van der Waals surface area contributed by atoms with Crippen molar-refractivity contribution < 1.29 is 5.11 Å². The van der Waals surface area contributed by atoms with Crippen LogP contribution in [0.1, 0.15) is 49.8 Å². The van der Waals surface area contributed by atoms with Gasteiger partial charge in [-0.1, -0.05) is 24.3 Å². The van der Waals surface area contributed by atoms with E-state index in [1.165, 1.54) is 11.1 Å². The topological polar surface area (TPSA) is 32.3 Å². The van der Waals surface area contributed by atoms with Gasteiger partial charge in [0.2, 0.25) is 0 Å². The Kier molecular flexibility index (Phi) is 4.79. The van der Waals surface area contributed by atoms with Crippen LogP contribution >= 0.6 is 0 Å². The Balaban J connectivity index is 1.81. The van der Waals surface area contributed by atoms with E-state index in [4.69, 9.17) is 0 Å². The Morgan fingerprint density at radius 2 is 1.89 bits per heavy atom. The molecule has 0 heterocycles. The molecule has 1 aromatic carbocycles. The summed E-state index contributed by atoms with van der Waals surface area (Å²) in [5.41, 5.74) is 2.75. The zero-order valence-electron chi connectivity index (χ0n) is 11.5. The molecule has 1 saturated carbocycles. The minimum absolute atomic E-state index is 0.0463. The molecule has 1 unspecified atom stereocenters. The first-order valence-corrected chi connectivity index (χ1v) is 7.14. The predicted molar refractivity (Wildman–Crippen MR) is 75.6 cm³/mol. The van der Waals surface area contributed by atoms with Gasteiger partial charge in [-0.05, 0) is 63.1 Å². The average molecular weight is 247 g/mol. The smallest absolute Gasteiger partial charge is 0.0540 e. The second-order valence-electron chi connectivity index (χ2n) is 5.66. The van der Waals surface area contributed by atoms with E-state index in [1.807, 2.05) is 0 Å².